The van der Waals surface area contributed by atoms with E-state index in [9.17, 15) is 0 Å². The van der Waals surface area contributed by atoms with Gasteiger partial charge in [-0.1, -0.05) is 84.9 Å². The van der Waals surface area contributed by atoms with Crippen molar-refractivity contribution in [2.45, 2.75) is 19.4 Å². The molecule has 0 saturated heterocycles. The third-order valence-corrected chi connectivity index (χ3v) is 4.75. The minimum Gasteiger partial charge on any atom is -0.257 e. The van der Waals surface area contributed by atoms with Crippen LogP contribution in [0.25, 0.3) is 6.08 Å². The zero-order chi connectivity index (χ0) is 17.8. The van der Waals surface area contributed by atoms with E-state index < -0.39 is 0 Å². The van der Waals surface area contributed by atoms with Gasteiger partial charge in [0.2, 0.25) is 0 Å². The molecule has 0 N–H and O–H groups in total. The number of nitrogens with zero attached hydrogens (tertiary/aromatic N) is 2. The van der Waals surface area contributed by atoms with Crippen LogP contribution in [-0.2, 0) is 0 Å². The molecule has 1 aliphatic rings. The molecule has 2 nitrogen and oxygen atoms in total. The minimum atomic E-state index is 0.229. The molecule has 1 atom stereocenters. The van der Waals surface area contributed by atoms with Crippen molar-refractivity contribution in [2.24, 2.45) is 5.10 Å². The summed E-state index contributed by atoms with van der Waals surface area (Å²) in [4.78, 5) is 0. The molecule has 3 aromatic rings. The third kappa shape index (κ3) is 3.45. The van der Waals surface area contributed by atoms with Crippen molar-refractivity contribution in [3.63, 3.8) is 0 Å². The topological polar surface area (TPSA) is 15.6 Å². The molecule has 1 aliphatic heterocycles. The van der Waals surface area contributed by atoms with Crippen LogP contribution in [0, 0.1) is 6.92 Å². The van der Waals surface area contributed by atoms with Gasteiger partial charge in [0.1, 0.15) is 0 Å². The Labute approximate surface area is 155 Å². The number of para-hydroxylation sites is 1. The van der Waals surface area contributed by atoms with E-state index >= 15 is 0 Å². The second kappa shape index (κ2) is 7.40. The van der Waals surface area contributed by atoms with Gasteiger partial charge in [-0.3, -0.25) is 5.01 Å². The van der Waals surface area contributed by atoms with Crippen LogP contribution in [0.2, 0.25) is 0 Å². The summed E-state index contributed by atoms with van der Waals surface area (Å²) in [6.45, 7) is 2.14. The Hall–Kier alpha value is -3.13. The molecule has 0 amide bonds. The fraction of sp³-hybridized carbons (Fsp3) is 0.125. The number of benzene rings is 3. The largest absolute Gasteiger partial charge is 0.257 e. The predicted octanol–water partition coefficient (Wildman–Crippen LogP) is 6.02. The van der Waals surface area contributed by atoms with E-state index in [-0.39, 0.29) is 6.04 Å². The summed E-state index contributed by atoms with van der Waals surface area (Å²) in [5.74, 6) is 0. The molecule has 0 aliphatic carbocycles. The van der Waals surface area contributed by atoms with Crippen molar-refractivity contribution in [3.05, 3.63) is 108 Å². The van der Waals surface area contributed by atoms with Gasteiger partial charge in [0.05, 0.1) is 17.4 Å². The average molecular weight is 338 g/mol. The molecule has 4 rings (SSSR count). The zero-order valence-corrected chi connectivity index (χ0v) is 14.9. The monoisotopic (exact) mass is 338 g/mol. The Kier molecular flexibility index (Phi) is 4.65. The molecule has 1 heterocycles. The molecule has 0 spiro atoms. The number of hydrogen-bond donors (Lipinski definition) is 0. The summed E-state index contributed by atoms with van der Waals surface area (Å²) in [5, 5.41) is 7.13. The van der Waals surface area contributed by atoms with Crippen LogP contribution >= 0.6 is 0 Å². The highest BCUT2D eigenvalue weighted by Crippen LogP contribution is 2.36. The van der Waals surface area contributed by atoms with Crippen LogP contribution in [0.4, 0.5) is 5.69 Å². The minimum absolute atomic E-state index is 0.229. The fourth-order valence-electron chi connectivity index (χ4n) is 3.37. The van der Waals surface area contributed by atoms with Crippen molar-refractivity contribution < 1.29 is 0 Å². The van der Waals surface area contributed by atoms with E-state index in [0.717, 1.165) is 12.1 Å². The quantitative estimate of drug-likeness (QED) is 0.568. The summed E-state index contributed by atoms with van der Waals surface area (Å²) >= 11 is 0. The van der Waals surface area contributed by atoms with Crippen LogP contribution in [-0.4, -0.2) is 5.71 Å². The average Bonchev–Trinajstić information content (AvgIpc) is 3.12. The summed E-state index contributed by atoms with van der Waals surface area (Å²) < 4.78 is 0. The molecule has 0 aromatic heterocycles. The van der Waals surface area contributed by atoms with Crippen LogP contribution in [0.5, 0.6) is 0 Å². The third-order valence-electron chi connectivity index (χ3n) is 4.75. The van der Waals surface area contributed by atoms with E-state index in [2.05, 4.69) is 103 Å². The molecule has 0 radical (unpaired) electrons. The first-order valence-electron chi connectivity index (χ1n) is 9.02. The number of anilines is 1. The summed E-state index contributed by atoms with van der Waals surface area (Å²) in [6.07, 6.45) is 5.19. The molecule has 0 fully saturated rings. The summed E-state index contributed by atoms with van der Waals surface area (Å²) in [7, 11) is 0. The van der Waals surface area contributed by atoms with E-state index in [1.807, 2.05) is 6.07 Å². The van der Waals surface area contributed by atoms with Gasteiger partial charge in [0.25, 0.3) is 0 Å². The molecule has 26 heavy (non-hydrogen) atoms. The van der Waals surface area contributed by atoms with Crippen molar-refractivity contribution in [1.82, 2.24) is 0 Å². The lowest BCUT2D eigenvalue weighted by Gasteiger charge is -2.25. The zero-order valence-electron chi connectivity index (χ0n) is 14.9. The van der Waals surface area contributed by atoms with Gasteiger partial charge in [-0.25, -0.2) is 0 Å². The number of rotatable bonds is 4. The maximum atomic E-state index is 4.96. The van der Waals surface area contributed by atoms with Crippen LogP contribution in [0.3, 0.4) is 0 Å². The highest BCUT2D eigenvalue weighted by molar-refractivity contribution is 6.01. The lowest BCUT2D eigenvalue weighted by molar-refractivity contribution is 0.707. The molecule has 3 aromatic carbocycles. The van der Waals surface area contributed by atoms with E-state index in [1.54, 1.807) is 0 Å². The van der Waals surface area contributed by atoms with Gasteiger partial charge in [0.15, 0.2) is 0 Å². The highest BCUT2D eigenvalue weighted by Gasteiger charge is 2.28. The number of hydrogen-bond acceptors (Lipinski definition) is 2. The van der Waals surface area contributed by atoms with Crippen LogP contribution in [0.15, 0.2) is 96.1 Å². The van der Waals surface area contributed by atoms with Gasteiger partial charge < -0.3 is 0 Å². The van der Waals surface area contributed by atoms with E-state index in [1.165, 1.54) is 22.4 Å². The van der Waals surface area contributed by atoms with Crippen molar-refractivity contribution in [2.75, 3.05) is 5.01 Å². The van der Waals surface area contributed by atoms with Gasteiger partial charge in [-0.2, -0.15) is 5.10 Å². The van der Waals surface area contributed by atoms with Gasteiger partial charge in [0, 0.05) is 6.42 Å². The Morgan fingerprint density at radius 1 is 0.808 bits per heavy atom. The van der Waals surface area contributed by atoms with Crippen molar-refractivity contribution in [3.8, 4) is 0 Å². The van der Waals surface area contributed by atoms with E-state index in [0.29, 0.717) is 0 Å². The Morgan fingerprint density at radius 2 is 1.46 bits per heavy atom. The van der Waals surface area contributed by atoms with Crippen LogP contribution < -0.4 is 5.01 Å². The normalized spacial score (nSPS) is 16.9. The summed E-state index contributed by atoms with van der Waals surface area (Å²) in [6, 6.07) is 29.7. The van der Waals surface area contributed by atoms with Gasteiger partial charge >= 0.3 is 0 Å². The molecule has 1 unspecified atom stereocenters. The Bertz CT molecular complexity index is 927. The maximum Gasteiger partial charge on any atom is 0.0831 e. The fourth-order valence-corrected chi connectivity index (χ4v) is 3.37. The number of hydrazone groups is 1. The first kappa shape index (κ1) is 16.3. The second-order valence-corrected chi connectivity index (χ2v) is 6.60. The smallest absolute Gasteiger partial charge is 0.0831 e. The van der Waals surface area contributed by atoms with Crippen molar-refractivity contribution >= 4 is 17.5 Å². The molecular weight excluding hydrogens is 316 g/mol. The first-order valence-corrected chi connectivity index (χ1v) is 9.02. The lowest BCUT2D eigenvalue weighted by atomic mass is 10.0. The SMILES string of the molecule is Cc1ccccc1N1N=C(/C=C/c2ccccc2)CC1c1ccccc1. The molecule has 2 heteroatoms. The Morgan fingerprint density at radius 3 is 2.19 bits per heavy atom. The Balaban J connectivity index is 1.68. The van der Waals surface area contributed by atoms with Crippen molar-refractivity contribution in [1.29, 1.82) is 0 Å². The molecule has 128 valence electrons. The molecule has 0 saturated carbocycles. The van der Waals surface area contributed by atoms with Gasteiger partial charge in [-0.05, 0) is 35.8 Å². The molecule has 0 bridgehead atoms. The lowest BCUT2D eigenvalue weighted by Crippen LogP contribution is -2.19. The summed E-state index contributed by atoms with van der Waals surface area (Å²) in [5.41, 5.74) is 6.00. The first-order chi connectivity index (χ1) is 12.8. The standard InChI is InChI=1S/C24H22N2/c1-19-10-8-9-15-23(19)26-24(21-13-6-3-7-14-21)18-22(25-26)17-16-20-11-4-2-5-12-20/h2-17,24H,18H2,1H3/b17-16+. The van der Waals surface area contributed by atoms with Crippen LogP contribution in [0.1, 0.15) is 29.2 Å². The molecular formula is C24H22N2. The number of allylic oxidation sites excluding steroid dienone is 1. The maximum absolute atomic E-state index is 4.96. The van der Waals surface area contributed by atoms with E-state index in [4.69, 9.17) is 5.10 Å². The highest BCUT2D eigenvalue weighted by atomic mass is 15.5. The predicted molar refractivity (Wildman–Crippen MR) is 110 cm³/mol. The van der Waals surface area contributed by atoms with Gasteiger partial charge in [-0.15, -0.1) is 0 Å². The second-order valence-electron chi connectivity index (χ2n) is 6.60. The number of aryl methyl sites for hydroxylation is 1.